The van der Waals surface area contributed by atoms with Crippen LogP contribution in [0.3, 0.4) is 0 Å². The molecule has 0 aromatic heterocycles. The third-order valence-electron chi connectivity index (χ3n) is 2.27. The second-order valence-corrected chi connectivity index (χ2v) is 5.92. The van der Waals surface area contributed by atoms with Gasteiger partial charge in [0.2, 0.25) is 0 Å². The van der Waals surface area contributed by atoms with Crippen LogP contribution < -0.4 is 0 Å². The van der Waals surface area contributed by atoms with Gasteiger partial charge >= 0.3 is 6.09 Å². The number of amides is 1. The van der Waals surface area contributed by atoms with E-state index in [9.17, 15) is 4.79 Å². The van der Waals surface area contributed by atoms with Crippen molar-refractivity contribution in [3.8, 4) is 0 Å². The van der Waals surface area contributed by atoms with Gasteiger partial charge in [-0.25, -0.2) is 4.79 Å². The van der Waals surface area contributed by atoms with Gasteiger partial charge in [-0.1, -0.05) is 12.1 Å². The summed E-state index contributed by atoms with van der Waals surface area (Å²) in [5.74, 6) is 0. The first-order chi connectivity index (χ1) is 7.30. The molecule has 0 radical (unpaired) electrons. The molecule has 0 saturated heterocycles. The quantitative estimate of drug-likeness (QED) is 0.841. The minimum Gasteiger partial charge on any atom is -0.465 e. The molecule has 16 heavy (non-hydrogen) atoms. The molecule has 4 heteroatoms. The Morgan fingerprint density at radius 3 is 2.50 bits per heavy atom. The largest absolute Gasteiger partial charge is 0.465 e. The SMILES string of the molecule is CC(C)(C)N(Cc1cccc(I)c1)C(=O)O. The maximum absolute atomic E-state index is 11.2. The van der Waals surface area contributed by atoms with E-state index in [1.807, 2.05) is 45.0 Å². The van der Waals surface area contributed by atoms with Crippen molar-refractivity contribution in [2.75, 3.05) is 0 Å². The number of rotatable bonds is 2. The van der Waals surface area contributed by atoms with Crippen molar-refractivity contribution in [2.45, 2.75) is 32.9 Å². The van der Waals surface area contributed by atoms with E-state index in [0.717, 1.165) is 9.13 Å². The zero-order chi connectivity index (χ0) is 12.3. The van der Waals surface area contributed by atoms with Gasteiger partial charge in [0.1, 0.15) is 0 Å². The maximum Gasteiger partial charge on any atom is 0.408 e. The molecule has 1 N–H and O–H groups in total. The third-order valence-corrected chi connectivity index (χ3v) is 2.94. The van der Waals surface area contributed by atoms with E-state index in [0.29, 0.717) is 6.54 Å². The molecule has 0 spiro atoms. The number of carbonyl (C=O) groups is 1. The van der Waals surface area contributed by atoms with Crippen molar-refractivity contribution in [2.24, 2.45) is 0 Å². The van der Waals surface area contributed by atoms with Gasteiger partial charge in [0, 0.05) is 15.7 Å². The molecule has 88 valence electrons. The van der Waals surface area contributed by atoms with Gasteiger partial charge in [-0.15, -0.1) is 0 Å². The fourth-order valence-electron chi connectivity index (χ4n) is 1.41. The van der Waals surface area contributed by atoms with Crippen LogP contribution in [0, 0.1) is 3.57 Å². The second kappa shape index (κ2) is 5.03. The van der Waals surface area contributed by atoms with E-state index in [1.54, 1.807) is 0 Å². The lowest BCUT2D eigenvalue weighted by Gasteiger charge is -2.33. The number of halogens is 1. The smallest absolute Gasteiger partial charge is 0.408 e. The first-order valence-corrected chi connectivity index (χ1v) is 6.13. The molecule has 1 amide bonds. The standard InChI is InChI=1S/C12H16INO2/c1-12(2,3)14(11(15)16)8-9-5-4-6-10(13)7-9/h4-7H,8H2,1-3H3,(H,15,16). The Hall–Kier alpha value is -0.780. The average Bonchev–Trinajstić information content (AvgIpc) is 2.12. The zero-order valence-electron chi connectivity index (χ0n) is 9.70. The molecule has 0 unspecified atom stereocenters. The highest BCUT2D eigenvalue weighted by atomic mass is 127. The van der Waals surface area contributed by atoms with Gasteiger partial charge < -0.3 is 5.11 Å². The molecule has 0 aliphatic rings. The molecule has 0 atom stereocenters. The fraction of sp³-hybridized carbons (Fsp3) is 0.417. The molecule has 0 fully saturated rings. The third kappa shape index (κ3) is 3.66. The van der Waals surface area contributed by atoms with Crippen LogP contribution in [-0.4, -0.2) is 21.6 Å². The molecule has 0 bridgehead atoms. The lowest BCUT2D eigenvalue weighted by molar-refractivity contribution is 0.0955. The van der Waals surface area contributed by atoms with E-state index < -0.39 is 6.09 Å². The van der Waals surface area contributed by atoms with E-state index in [4.69, 9.17) is 5.11 Å². The van der Waals surface area contributed by atoms with Crippen LogP contribution in [0.1, 0.15) is 26.3 Å². The highest BCUT2D eigenvalue weighted by molar-refractivity contribution is 14.1. The number of carboxylic acid groups (broad SMARTS) is 1. The number of hydrogen-bond acceptors (Lipinski definition) is 1. The van der Waals surface area contributed by atoms with Crippen molar-refractivity contribution in [3.63, 3.8) is 0 Å². The Labute approximate surface area is 110 Å². The van der Waals surface area contributed by atoms with Gasteiger partial charge in [0.25, 0.3) is 0 Å². The molecule has 1 aromatic carbocycles. The minimum absolute atomic E-state index is 0.382. The van der Waals surface area contributed by atoms with Crippen LogP contribution in [0.5, 0.6) is 0 Å². The second-order valence-electron chi connectivity index (χ2n) is 4.67. The summed E-state index contributed by atoms with van der Waals surface area (Å²) in [5, 5.41) is 9.16. The summed E-state index contributed by atoms with van der Waals surface area (Å²) >= 11 is 2.22. The molecule has 3 nitrogen and oxygen atoms in total. The lowest BCUT2D eigenvalue weighted by Crippen LogP contribution is -2.44. The maximum atomic E-state index is 11.2. The molecule has 1 rings (SSSR count). The zero-order valence-corrected chi connectivity index (χ0v) is 11.9. The Bertz CT molecular complexity index is 385. The van der Waals surface area contributed by atoms with E-state index in [1.165, 1.54) is 4.90 Å². The van der Waals surface area contributed by atoms with Gasteiger partial charge in [-0.05, 0) is 61.1 Å². The van der Waals surface area contributed by atoms with Crippen LogP contribution >= 0.6 is 22.6 Å². The van der Waals surface area contributed by atoms with Crippen molar-refractivity contribution in [3.05, 3.63) is 33.4 Å². The fourth-order valence-corrected chi connectivity index (χ4v) is 2.02. The molecule has 0 heterocycles. The molecular weight excluding hydrogens is 317 g/mol. The average molecular weight is 333 g/mol. The van der Waals surface area contributed by atoms with Gasteiger partial charge in [-0.3, -0.25) is 4.90 Å². The van der Waals surface area contributed by atoms with Crippen molar-refractivity contribution >= 4 is 28.7 Å². The van der Waals surface area contributed by atoms with E-state index in [2.05, 4.69) is 22.6 Å². The normalized spacial score (nSPS) is 11.2. The van der Waals surface area contributed by atoms with Crippen molar-refractivity contribution in [1.82, 2.24) is 4.90 Å². The summed E-state index contributed by atoms with van der Waals surface area (Å²) in [6.45, 7) is 6.12. The summed E-state index contributed by atoms with van der Waals surface area (Å²) in [5.41, 5.74) is 0.636. The topological polar surface area (TPSA) is 40.5 Å². The van der Waals surface area contributed by atoms with Crippen LogP contribution in [0.2, 0.25) is 0 Å². The van der Waals surface area contributed by atoms with Crippen molar-refractivity contribution in [1.29, 1.82) is 0 Å². The Balaban J connectivity index is 2.89. The first-order valence-electron chi connectivity index (χ1n) is 5.06. The van der Waals surface area contributed by atoms with Crippen LogP contribution in [0.15, 0.2) is 24.3 Å². The molecule has 0 aliphatic heterocycles. The number of hydrogen-bond donors (Lipinski definition) is 1. The predicted octanol–water partition coefficient (Wildman–Crippen LogP) is 3.57. The molecule has 0 saturated carbocycles. The summed E-state index contributed by atoms with van der Waals surface area (Å²) in [6, 6.07) is 7.89. The van der Waals surface area contributed by atoms with Gasteiger partial charge in [-0.2, -0.15) is 0 Å². The summed E-state index contributed by atoms with van der Waals surface area (Å²) < 4.78 is 1.12. The summed E-state index contributed by atoms with van der Waals surface area (Å²) in [4.78, 5) is 12.6. The summed E-state index contributed by atoms with van der Waals surface area (Å²) in [6.07, 6.45) is -0.883. The Morgan fingerprint density at radius 2 is 2.06 bits per heavy atom. The predicted molar refractivity (Wildman–Crippen MR) is 72.5 cm³/mol. The Kier molecular flexibility index (Phi) is 4.18. The van der Waals surface area contributed by atoms with Gasteiger partial charge in [0.15, 0.2) is 0 Å². The van der Waals surface area contributed by atoms with E-state index in [-0.39, 0.29) is 5.54 Å². The molecular formula is C12H16INO2. The number of nitrogens with zero attached hydrogens (tertiary/aromatic N) is 1. The highest BCUT2D eigenvalue weighted by Gasteiger charge is 2.25. The van der Waals surface area contributed by atoms with Crippen LogP contribution in [0.4, 0.5) is 4.79 Å². The van der Waals surface area contributed by atoms with E-state index >= 15 is 0 Å². The van der Waals surface area contributed by atoms with Crippen LogP contribution in [0.25, 0.3) is 0 Å². The number of benzene rings is 1. The van der Waals surface area contributed by atoms with Gasteiger partial charge in [0.05, 0.1) is 0 Å². The van der Waals surface area contributed by atoms with Crippen molar-refractivity contribution < 1.29 is 9.90 Å². The highest BCUT2D eigenvalue weighted by Crippen LogP contribution is 2.18. The molecule has 1 aromatic rings. The molecule has 0 aliphatic carbocycles. The monoisotopic (exact) mass is 333 g/mol. The Morgan fingerprint density at radius 1 is 1.44 bits per heavy atom. The minimum atomic E-state index is -0.883. The summed E-state index contributed by atoms with van der Waals surface area (Å²) in [7, 11) is 0. The van der Waals surface area contributed by atoms with Crippen LogP contribution in [-0.2, 0) is 6.54 Å². The first kappa shape index (κ1) is 13.3. The lowest BCUT2D eigenvalue weighted by atomic mass is 10.1.